The third-order valence-corrected chi connectivity index (χ3v) is 2.04. The van der Waals surface area contributed by atoms with Gasteiger partial charge in [-0.2, -0.15) is 0 Å². The van der Waals surface area contributed by atoms with Gasteiger partial charge in [-0.15, -0.1) is 0 Å². The van der Waals surface area contributed by atoms with Gasteiger partial charge < -0.3 is 0 Å². The summed E-state index contributed by atoms with van der Waals surface area (Å²) in [7, 11) is 1.50. The minimum atomic E-state index is -0.259. The molecular weight excluding hydrogens is 168 g/mol. The molecule has 0 amide bonds. The van der Waals surface area contributed by atoms with E-state index in [-0.39, 0.29) is 17.3 Å². The summed E-state index contributed by atoms with van der Waals surface area (Å²) in [5, 5.41) is 0. The number of hydrogen-bond acceptors (Lipinski definition) is 2. The van der Waals surface area contributed by atoms with E-state index in [9.17, 15) is 9.59 Å². The van der Waals surface area contributed by atoms with Crippen LogP contribution in [0.3, 0.4) is 0 Å². The molecule has 0 saturated carbocycles. The monoisotopic (exact) mass is 182 g/mol. The van der Waals surface area contributed by atoms with Gasteiger partial charge in [-0.25, -0.2) is 4.79 Å². The van der Waals surface area contributed by atoms with Crippen molar-refractivity contribution < 1.29 is 0 Å². The molecule has 0 aliphatic carbocycles. The largest absolute Gasteiger partial charge is 0.330 e. The smallest absolute Gasteiger partial charge is 0.298 e. The van der Waals surface area contributed by atoms with Crippen LogP contribution in [0.15, 0.2) is 15.8 Å². The highest BCUT2D eigenvalue weighted by atomic mass is 16.2. The summed E-state index contributed by atoms with van der Waals surface area (Å²) in [6.45, 7) is 5.53. The third-order valence-electron chi connectivity index (χ3n) is 2.04. The molecule has 0 radical (unpaired) electrons. The lowest BCUT2D eigenvalue weighted by atomic mass is 10.3. The molecular formula is C9H14N2O2. The zero-order chi connectivity index (χ0) is 10.2. The quantitative estimate of drug-likeness (QED) is 0.632. The number of nitrogens with zero attached hydrogens (tertiary/aromatic N) is 2. The predicted octanol–water partition coefficient (Wildman–Crippen LogP) is 0.436. The van der Waals surface area contributed by atoms with Crippen molar-refractivity contribution in [3.63, 3.8) is 0 Å². The SMILES string of the molecule is Cc1cn(C(C)C)c(=O)n(C)c1=O. The van der Waals surface area contributed by atoms with Crippen molar-refractivity contribution in [3.8, 4) is 0 Å². The summed E-state index contributed by atoms with van der Waals surface area (Å²) >= 11 is 0. The van der Waals surface area contributed by atoms with Crippen LogP contribution in [0.5, 0.6) is 0 Å². The molecule has 0 aliphatic rings. The van der Waals surface area contributed by atoms with Crippen molar-refractivity contribution in [2.75, 3.05) is 0 Å². The van der Waals surface area contributed by atoms with Crippen LogP contribution in [0, 0.1) is 6.92 Å². The summed E-state index contributed by atoms with van der Waals surface area (Å²) in [5.41, 5.74) is 0.114. The summed E-state index contributed by atoms with van der Waals surface area (Å²) in [5.74, 6) is 0. The van der Waals surface area contributed by atoms with E-state index >= 15 is 0 Å². The van der Waals surface area contributed by atoms with Gasteiger partial charge in [0.25, 0.3) is 5.56 Å². The number of hydrogen-bond donors (Lipinski definition) is 0. The molecule has 0 fully saturated rings. The molecule has 4 heteroatoms. The lowest BCUT2D eigenvalue weighted by Crippen LogP contribution is -2.39. The minimum Gasteiger partial charge on any atom is -0.298 e. The van der Waals surface area contributed by atoms with Crippen LogP contribution in [0.2, 0.25) is 0 Å². The molecule has 4 nitrogen and oxygen atoms in total. The van der Waals surface area contributed by atoms with Crippen LogP contribution < -0.4 is 11.2 Å². The second-order valence-electron chi connectivity index (χ2n) is 3.46. The van der Waals surface area contributed by atoms with Crippen LogP contribution >= 0.6 is 0 Å². The lowest BCUT2D eigenvalue weighted by Gasteiger charge is -2.11. The third kappa shape index (κ3) is 1.56. The van der Waals surface area contributed by atoms with Crippen molar-refractivity contribution in [3.05, 3.63) is 32.6 Å². The Labute approximate surface area is 76.4 Å². The summed E-state index contributed by atoms with van der Waals surface area (Å²) in [6, 6.07) is 0.0815. The first-order valence-corrected chi connectivity index (χ1v) is 4.24. The van der Waals surface area contributed by atoms with Gasteiger partial charge in [-0.05, 0) is 20.8 Å². The van der Waals surface area contributed by atoms with Crippen LogP contribution in [0.4, 0.5) is 0 Å². The van der Waals surface area contributed by atoms with E-state index in [1.807, 2.05) is 13.8 Å². The van der Waals surface area contributed by atoms with E-state index in [0.29, 0.717) is 5.56 Å². The summed E-state index contributed by atoms with van der Waals surface area (Å²) in [4.78, 5) is 22.8. The van der Waals surface area contributed by atoms with Gasteiger partial charge in [0, 0.05) is 24.8 Å². The first-order valence-electron chi connectivity index (χ1n) is 4.24. The number of aryl methyl sites for hydroxylation is 1. The molecule has 0 atom stereocenters. The first kappa shape index (κ1) is 9.77. The molecule has 1 heterocycles. The molecule has 0 unspecified atom stereocenters. The van der Waals surface area contributed by atoms with Crippen molar-refractivity contribution in [2.24, 2.45) is 7.05 Å². The molecule has 0 aliphatic heterocycles. The van der Waals surface area contributed by atoms with Gasteiger partial charge in [-0.1, -0.05) is 0 Å². The van der Waals surface area contributed by atoms with Gasteiger partial charge in [0.05, 0.1) is 0 Å². The van der Waals surface area contributed by atoms with Crippen LogP contribution in [0.1, 0.15) is 25.5 Å². The Balaban J connectivity index is 3.60. The highest BCUT2D eigenvalue weighted by molar-refractivity contribution is 5.02. The average molecular weight is 182 g/mol. The second-order valence-corrected chi connectivity index (χ2v) is 3.46. The van der Waals surface area contributed by atoms with Gasteiger partial charge in [-0.3, -0.25) is 13.9 Å². The topological polar surface area (TPSA) is 44.0 Å². The lowest BCUT2D eigenvalue weighted by molar-refractivity contribution is 0.529. The van der Waals surface area contributed by atoms with E-state index in [0.717, 1.165) is 4.57 Å². The van der Waals surface area contributed by atoms with Crippen LogP contribution in [-0.4, -0.2) is 9.13 Å². The Morgan fingerprint density at radius 2 is 1.85 bits per heavy atom. The van der Waals surface area contributed by atoms with Gasteiger partial charge in [0.2, 0.25) is 0 Å². The molecule has 0 spiro atoms. The highest BCUT2D eigenvalue weighted by Gasteiger charge is 2.06. The maximum absolute atomic E-state index is 11.5. The Hall–Kier alpha value is -1.32. The molecule has 1 aromatic heterocycles. The minimum absolute atomic E-state index is 0.0815. The first-order chi connectivity index (χ1) is 5.95. The molecule has 0 saturated heterocycles. The van der Waals surface area contributed by atoms with Gasteiger partial charge in [0.1, 0.15) is 0 Å². The van der Waals surface area contributed by atoms with Crippen molar-refractivity contribution in [1.82, 2.24) is 9.13 Å². The molecule has 0 N–H and O–H groups in total. The fourth-order valence-electron chi connectivity index (χ4n) is 1.21. The molecule has 13 heavy (non-hydrogen) atoms. The predicted molar refractivity (Wildman–Crippen MR) is 51.1 cm³/mol. The standard InChI is InChI=1S/C9H14N2O2/c1-6(2)11-5-7(3)8(12)10(4)9(11)13/h5-6H,1-4H3. The van der Waals surface area contributed by atoms with Crippen LogP contribution in [0.25, 0.3) is 0 Å². The Bertz CT molecular complexity index is 426. The normalized spacial score (nSPS) is 10.8. The molecule has 1 rings (SSSR count). The van der Waals surface area contributed by atoms with Gasteiger partial charge in [0.15, 0.2) is 0 Å². The molecule has 72 valence electrons. The maximum atomic E-state index is 11.5. The highest BCUT2D eigenvalue weighted by Crippen LogP contribution is 1.98. The van der Waals surface area contributed by atoms with Crippen molar-refractivity contribution in [1.29, 1.82) is 0 Å². The second kappa shape index (κ2) is 3.20. The Morgan fingerprint density at radius 3 is 2.31 bits per heavy atom. The summed E-state index contributed by atoms with van der Waals surface area (Å²) < 4.78 is 2.69. The molecule has 0 bridgehead atoms. The summed E-state index contributed by atoms with van der Waals surface area (Å²) in [6.07, 6.45) is 1.61. The fourth-order valence-corrected chi connectivity index (χ4v) is 1.21. The molecule has 0 aromatic carbocycles. The number of aromatic nitrogens is 2. The zero-order valence-corrected chi connectivity index (χ0v) is 8.37. The zero-order valence-electron chi connectivity index (χ0n) is 8.37. The van der Waals surface area contributed by atoms with Crippen molar-refractivity contribution >= 4 is 0 Å². The maximum Gasteiger partial charge on any atom is 0.330 e. The Kier molecular flexibility index (Phi) is 2.40. The van der Waals surface area contributed by atoms with E-state index in [1.54, 1.807) is 17.7 Å². The molecule has 1 aromatic rings. The van der Waals surface area contributed by atoms with Gasteiger partial charge >= 0.3 is 5.69 Å². The fraction of sp³-hybridized carbons (Fsp3) is 0.556. The van der Waals surface area contributed by atoms with E-state index < -0.39 is 0 Å². The number of rotatable bonds is 1. The van der Waals surface area contributed by atoms with E-state index in [2.05, 4.69) is 0 Å². The van der Waals surface area contributed by atoms with Crippen molar-refractivity contribution in [2.45, 2.75) is 26.8 Å². The Morgan fingerprint density at radius 1 is 1.31 bits per heavy atom. The average Bonchev–Trinajstić information content (AvgIpc) is 2.07. The van der Waals surface area contributed by atoms with Crippen LogP contribution in [-0.2, 0) is 7.05 Å². The van der Waals surface area contributed by atoms with E-state index in [4.69, 9.17) is 0 Å². The van der Waals surface area contributed by atoms with E-state index in [1.165, 1.54) is 7.05 Å².